The predicted octanol–water partition coefficient (Wildman–Crippen LogP) is 1.01. The smallest absolute Gasteiger partial charge is 0.160 e. The highest BCUT2D eigenvalue weighted by atomic mass is 32.1. The normalized spacial score (nSPS) is 19.5. The summed E-state index contributed by atoms with van der Waals surface area (Å²) in [6.07, 6.45) is 0. The minimum absolute atomic E-state index is 0.958. The minimum Gasteiger partial charge on any atom is -0.375 e. The maximum atomic E-state index is 5.14. The fraction of sp³-hybridized carbons (Fsp3) is 0.833. The Kier molecular flexibility index (Phi) is 2.01. The molecule has 0 aliphatic carbocycles. The molecule has 0 saturated carbocycles. The van der Waals surface area contributed by atoms with Crippen molar-refractivity contribution < 1.29 is 0 Å². The van der Waals surface area contributed by atoms with E-state index >= 15 is 0 Å². The van der Waals surface area contributed by atoms with Gasteiger partial charge in [-0.25, -0.2) is 0 Å². The van der Waals surface area contributed by atoms with Crippen LogP contribution in [0.3, 0.4) is 0 Å². The molecule has 0 atom stereocenters. The van der Waals surface area contributed by atoms with E-state index in [-0.39, 0.29) is 0 Å². The molecule has 1 fully saturated rings. The van der Waals surface area contributed by atoms with Crippen LogP contribution in [-0.2, 0) is 0 Å². The highest BCUT2D eigenvalue weighted by Gasteiger charge is 2.28. The lowest BCUT2D eigenvalue weighted by Gasteiger charge is -2.30. The van der Waals surface area contributed by atoms with E-state index < -0.39 is 8.24 Å². The topological polar surface area (TPSA) is 15.3 Å². The zero-order valence-electron chi connectivity index (χ0n) is 6.77. The van der Waals surface area contributed by atoms with Crippen molar-refractivity contribution in [2.75, 3.05) is 13.1 Å². The zero-order valence-corrected chi connectivity index (χ0v) is 8.59. The number of nitrogens with zero attached hydrogens (tertiary/aromatic N) is 1. The molecule has 1 aliphatic rings. The number of hydrogen-bond acceptors (Lipinski definition) is 1. The molecule has 0 amide bonds. The summed E-state index contributed by atoms with van der Waals surface area (Å²) in [5.41, 5.74) is 0. The lowest BCUT2D eigenvalue weighted by atomic mass is 10.7. The Bertz CT molecular complexity index is 152. The van der Waals surface area contributed by atoms with Gasteiger partial charge in [-0.2, -0.15) is 0 Å². The molecular weight excluding hydrogens is 160 g/mol. The molecule has 1 N–H and O–H groups in total. The summed E-state index contributed by atoms with van der Waals surface area (Å²) in [5.74, 6) is 0. The van der Waals surface area contributed by atoms with Crippen LogP contribution < -0.4 is 5.32 Å². The molecule has 0 radical (unpaired) electrons. The highest BCUT2D eigenvalue weighted by molar-refractivity contribution is 7.80. The Morgan fingerprint density at radius 1 is 1.50 bits per heavy atom. The van der Waals surface area contributed by atoms with Crippen LogP contribution in [0.4, 0.5) is 0 Å². The second kappa shape index (κ2) is 2.51. The highest BCUT2D eigenvalue weighted by Crippen LogP contribution is 2.11. The summed E-state index contributed by atoms with van der Waals surface area (Å²) in [6.45, 7) is 9.07. The van der Waals surface area contributed by atoms with Gasteiger partial charge in [0.1, 0.15) is 8.24 Å². The number of nitrogens with one attached hydrogen (secondary N) is 1. The first-order valence-corrected chi connectivity index (χ1v) is 7.43. The molecular formula is C6H14N2SSi. The van der Waals surface area contributed by atoms with E-state index in [1.807, 2.05) is 0 Å². The molecule has 0 aromatic heterocycles. The molecule has 0 unspecified atom stereocenters. The third kappa shape index (κ3) is 1.49. The van der Waals surface area contributed by atoms with Crippen LogP contribution in [0.5, 0.6) is 0 Å². The van der Waals surface area contributed by atoms with E-state index in [2.05, 4.69) is 29.5 Å². The van der Waals surface area contributed by atoms with Crippen molar-refractivity contribution in [3.63, 3.8) is 0 Å². The molecule has 58 valence electrons. The van der Waals surface area contributed by atoms with Gasteiger partial charge in [0.15, 0.2) is 5.11 Å². The Hall–Kier alpha value is -0.0931. The fourth-order valence-electron chi connectivity index (χ4n) is 1.11. The summed E-state index contributed by atoms with van der Waals surface area (Å²) in [4.78, 5) is 0. The average Bonchev–Trinajstić information content (AvgIpc) is 2.11. The van der Waals surface area contributed by atoms with Crippen LogP contribution in [0.15, 0.2) is 0 Å². The molecule has 0 aromatic carbocycles. The van der Waals surface area contributed by atoms with Crippen LogP contribution >= 0.6 is 12.2 Å². The molecule has 1 aliphatic heterocycles. The Balaban J connectivity index is 2.64. The fourth-order valence-corrected chi connectivity index (χ4v) is 3.60. The molecule has 0 spiro atoms. The molecule has 0 aromatic rings. The third-order valence-corrected chi connectivity index (χ3v) is 4.26. The molecule has 1 rings (SSSR count). The van der Waals surface area contributed by atoms with Crippen molar-refractivity contribution in [3.05, 3.63) is 0 Å². The van der Waals surface area contributed by atoms with Crippen molar-refractivity contribution >= 4 is 25.6 Å². The van der Waals surface area contributed by atoms with Gasteiger partial charge in [0.25, 0.3) is 0 Å². The Labute approximate surface area is 68.7 Å². The zero-order chi connectivity index (χ0) is 7.78. The summed E-state index contributed by atoms with van der Waals surface area (Å²) in [7, 11) is -1.16. The summed E-state index contributed by atoms with van der Waals surface area (Å²) < 4.78 is 2.35. The van der Waals surface area contributed by atoms with Crippen LogP contribution in [0.1, 0.15) is 0 Å². The summed E-state index contributed by atoms with van der Waals surface area (Å²) in [6, 6.07) is 0. The first-order chi connectivity index (χ1) is 4.52. The van der Waals surface area contributed by atoms with Gasteiger partial charge in [0, 0.05) is 13.1 Å². The van der Waals surface area contributed by atoms with Crippen LogP contribution in [0.2, 0.25) is 19.6 Å². The quantitative estimate of drug-likeness (QED) is 0.472. The van der Waals surface area contributed by atoms with Crippen molar-refractivity contribution in [2.45, 2.75) is 19.6 Å². The van der Waals surface area contributed by atoms with E-state index in [4.69, 9.17) is 12.2 Å². The van der Waals surface area contributed by atoms with Gasteiger partial charge >= 0.3 is 0 Å². The van der Waals surface area contributed by atoms with Gasteiger partial charge in [0.05, 0.1) is 0 Å². The molecule has 1 heterocycles. The lowest BCUT2D eigenvalue weighted by Crippen LogP contribution is -2.47. The third-order valence-electron chi connectivity index (χ3n) is 1.67. The van der Waals surface area contributed by atoms with Crippen LogP contribution in [0.25, 0.3) is 0 Å². The molecule has 4 heteroatoms. The SMILES string of the molecule is C[Si](C)(C)N1CCNC1=S. The van der Waals surface area contributed by atoms with Crippen molar-refractivity contribution in [2.24, 2.45) is 0 Å². The van der Waals surface area contributed by atoms with Gasteiger partial charge in [0.2, 0.25) is 0 Å². The summed E-state index contributed by atoms with van der Waals surface area (Å²) in [5, 5.41) is 4.13. The summed E-state index contributed by atoms with van der Waals surface area (Å²) >= 11 is 5.14. The van der Waals surface area contributed by atoms with Gasteiger partial charge in [-0.15, -0.1) is 0 Å². The van der Waals surface area contributed by atoms with Crippen LogP contribution in [0, 0.1) is 0 Å². The van der Waals surface area contributed by atoms with Crippen molar-refractivity contribution in [1.29, 1.82) is 0 Å². The van der Waals surface area contributed by atoms with Crippen LogP contribution in [-0.4, -0.2) is 31.0 Å². The van der Waals surface area contributed by atoms with Gasteiger partial charge < -0.3 is 9.88 Å². The average molecular weight is 174 g/mol. The lowest BCUT2D eigenvalue weighted by molar-refractivity contribution is 0.686. The van der Waals surface area contributed by atoms with Gasteiger partial charge in [-0.05, 0) is 12.2 Å². The first-order valence-electron chi connectivity index (χ1n) is 3.57. The number of thiocarbonyl (C=S) groups is 1. The largest absolute Gasteiger partial charge is 0.375 e. The maximum Gasteiger partial charge on any atom is 0.160 e. The Morgan fingerprint density at radius 2 is 2.10 bits per heavy atom. The molecule has 1 saturated heterocycles. The van der Waals surface area contributed by atoms with Gasteiger partial charge in [-0.3, -0.25) is 0 Å². The molecule has 0 bridgehead atoms. The standard InChI is InChI=1S/C6H14N2SSi/c1-10(2,3)8-5-4-7-6(8)9/h4-5H2,1-3H3,(H,7,9). The second-order valence-electron chi connectivity index (χ2n) is 3.55. The van der Waals surface area contributed by atoms with E-state index in [1.165, 1.54) is 0 Å². The van der Waals surface area contributed by atoms with Crippen molar-refractivity contribution in [3.8, 4) is 0 Å². The minimum atomic E-state index is -1.16. The van der Waals surface area contributed by atoms with E-state index in [0.29, 0.717) is 0 Å². The monoisotopic (exact) mass is 174 g/mol. The number of hydrogen-bond donors (Lipinski definition) is 1. The second-order valence-corrected chi connectivity index (χ2v) is 8.82. The van der Waals surface area contributed by atoms with Gasteiger partial charge in [-0.1, -0.05) is 19.6 Å². The Morgan fingerprint density at radius 3 is 2.30 bits per heavy atom. The van der Waals surface area contributed by atoms with E-state index in [9.17, 15) is 0 Å². The first kappa shape index (κ1) is 8.01. The van der Waals surface area contributed by atoms with E-state index in [1.54, 1.807) is 0 Å². The van der Waals surface area contributed by atoms with E-state index in [0.717, 1.165) is 18.2 Å². The predicted molar refractivity (Wildman–Crippen MR) is 50.7 cm³/mol. The number of rotatable bonds is 1. The van der Waals surface area contributed by atoms with Crippen molar-refractivity contribution in [1.82, 2.24) is 9.88 Å². The molecule has 2 nitrogen and oxygen atoms in total. The maximum absolute atomic E-state index is 5.14. The molecule has 10 heavy (non-hydrogen) atoms.